The molecule has 6 nitrogen and oxygen atoms in total. The summed E-state index contributed by atoms with van der Waals surface area (Å²) >= 11 is 0. The Hall–Kier alpha value is -2.63. The van der Waals surface area contributed by atoms with Crippen LogP contribution in [0.5, 0.6) is 0 Å². The highest BCUT2D eigenvalue weighted by Gasteiger charge is 2.12. The van der Waals surface area contributed by atoms with Crippen LogP contribution in [0.15, 0.2) is 30.5 Å². The van der Waals surface area contributed by atoms with Crippen molar-refractivity contribution in [2.45, 2.75) is 45.4 Å². The van der Waals surface area contributed by atoms with Gasteiger partial charge in [-0.05, 0) is 23.9 Å². The molecule has 2 aromatic rings. The number of nitrogens with zero attached hydrogens (tertiary/aromatic N) is 1. The molecular formula is C18H23N3O3. The standard InChI is InChI=1S/C18H23N3O3/c1-2-3-4-5-6-10-15(22)21-17-16-13(11-12-19-17)8-7-9-14(16)20-18(23)24/h7-9,11-12,20H,2-6,10H2,1H3,(H,23,24)(H,19,21,22). The van der Waals surface area contributed by atoms with Crippen LogP contribution in [0.25, 0.3) is 10.8 Å². The molecule has 128 valence electrons. The van der Waals surface area contributed by atoms with Gasteiger partial charge in [0.15, 0.2) is 0 Å². The van der Waals surface area contributed by atoms with E-state index in [0.29, 0.717) is 23.3 Å². The van der Waals surface area contributed by atoms with Gasteiger partial charge in [0.1, 0.15) is 5.82 Å². The van der Waals surface area contributed by atoms with Crippen LogP contribution in [0, 0.1) is 0 Å². The molecule has 1 aromatic carbocycles. The molecule has 0 aliphatic carbocycles. The molecule has 0 fully saturated rings. The van der Waals surface area contributed by atoms with Gasteiger partial charge < -0.3 is 10.4 Å². The molecule has 6 heteroatoms. The SMILES string of the molecule is CCCCCCCC(=O)Nc1nccc2cccc(NC(=O)O)c12. The fourth-order valence-electron chi connectivity index (χ4n) is 2.63. The lowest BCUT2D eigenvalue weighted by atomic mass is 10.1. The predicted molar refractivity (Wildman–Crippen MR) is 95.4 cm³/mol. The van der Waals surface area contributed by atoms with Crippen LogP contribution in [-0.2, 0) is 4.79 Å². The van der Waals surface area contributed by atoms with E-state index in [4.69, 9.17) is 5.11 Å². The minimum atomic E-state index is -1.15. The molecule has 0 bridgehead atoms. The first kappa shape index (κ1) is 17.7. The molecule has 24 heavy (non-hydrogen) atoms. The Bertz CT molecular complexity index is 710. The van der Waals surface area contributed by atoms with E-state index in [1.807, 2.05) is 6.07 Å². The first-order valence-electron chi connectivity index (χ1n) is 8.29. The van der Waals surface area contributed by atoms with Crippen molar-refractivity contribution in [2.75, 3.05) is 10.6 Å². The van der Waals surface area contributed by atoms with Crippen molar-refractivity contribution in [3.05, 3.63) is 30.5 Å². The van der Waals surface area contributed by atoms with E-state index in [2.05, 4.69) is 22.5 Å². The number of carboxylic acid groups (broad SMARTS) is 1. The van der Waals surface area contributed by atoms with Crippen molar-refractivity contribution in [2.24, 2.45) is 0 Å². The van der Waals surface area contributed by atoms with E-state index in [0.717, 1.165) is 24.6 Å². The Morgan fingerprint density at radius 2 is 1.88 bits per heavy atom. The molecule has 3 N–H and O–H groups in total. The first-order chi connectivity index (χ1) is 11.6. The number of benzene rings is 1. The summed E-state index contributed by atoms with van der Waals surface area (Å²) in [6.07, 6.45) is 6.28. The van der Waals surface area contributed by atoms with E-state index in [1.165, 1.54) is 12.8 Å². The molecule has 0 saturated carbocycles. The first-order valence-corrected chi connectivity index (χ1v) is 8.29. The van der Waals surface area contributed by atoms with Gasteiger partial charge in [-0.25, -0.2) is 9.78 Å². The summed E-state index contributed by atoms with van der Waals surface area (Å²) in [7, 11) is 0. The Labute approximate surface area is 141 Å². The molecule has 0 unspecified atom stereocenters. The number of aromatic nitrogens is 1. The highest BCUT2D eigenvalue weighted by molar-refractivity contribution is 6.08. The molecule has 0 aliphatic rings. The van der Waals surface area contributed by atoms with Crippen LogP contribution in [0.2, 0.25) is 0 Å². The monoisotopic (exact) mass is 329 g/mol. The number of hydrogen-bond acceptors (Lipinski definition) is 3. The topological polar surface area (TPSA) is 91.3 Å². The van der Waals surface area contributed by atoms with Gasteiger partial charge >= 0.3 is 6.09 Å². The maximum absolute atomic E-state index is 12.1. The van der Waals surface area contributed by atoms with Gasteiger partial charge in [-0.2, -0.15) is 0 Å². The Balaban J connectivity index is 2.10. The lowest BCUT2D eigenvalue weighted by Gasteiger charge is -2.11. The molecule has 0 saturated heterocycles. The Kier molecular flexibility index (Phi) is 6.54. The van der Waals surface area contributed by atoms with E-state index in [9.17, 15) is 9.59 Å². The van der Waals surface area contributed by atoms with Gasteiger partial charge in [-0.3, -0.25) is 10.1 Å². The zero-order valence-electron chi connectivity index (χ0n) is 13.8. The average Bonchev–Trinajstić information content (AvgIpc) is 2.54. The summed E-state index contributed by atoms with van der Waals surface area (Å²) in [5.74, 6) is 0.284. The summed E-state index contributed by atoms with van der Waals surface area (Å²) in [6.45, 7) is 2.15. The maximum Gasteiger partial charge on any atom is 0.409 e. The zero-order valence-corrected chi connectivity index (χ0v) is 13.8. The number of hydrogen-bond donors (Lipinski definition) is 3. The van der Waals surface area contributed by atoms with Gasteiger partial charge in [-0.15, -0.1) is 0 Å². The zero-order chi connectivity index (χ0) is 17.4. The minimum Gasteiger partial charge on any atom is -0.465 e. The highest BCUT2D eigenvalue weighted by Crippen LogP contribution is 2.29. The van der Waals surface area contributed by atoms with Crippen LogP contribution in [0.3, 0.4) is 0 Å². The molecule has 2 rings (SSSR count). The van der Waals surface area contributed by atoms with Gasteiger partial charge in [0.2, 0.25) is 5.91 Å². The quantitative estimate of drug-likeness (QED) is 0.616. The number of pyridine rings is 1. The summed E-state index contributed by atoms with van der Waals surface area (Å²) in [6, 6.07) is 7.04. The number of carbonyl (C=O) groups is 2. The predicted octanol–water partition coefficient (Wildman–Crippen LogP) is 4.62. The van der Waals surface area contributed by atoms with Crippen LogP contribution in [0.1, 0.15) is 45.4 Å². The Morgan fingerprint density at radius 1 is 1.08 bits per heavy atom. The fourth-order valence-corrected chi connectivity index (χ4v) is 2.63. The molecule has 0 atom stereocenters. The second-order valence-corrected chi connectivity index (χ2v) is 5.71. The molecule has 2 amide bonds. The molecule has 0 spiro atoms. The van der Waals surface area contributed by atoms with E-state index >= 15 is 0 Å². The fraction of sp³-hybridized carbons (Fsp3) is 0.389. The Morgan fingerprint density at radius 3 is 2.62 bits per heavy atom. The number of nitrogens with one attached hydrogen (secondary N) is 2. The maximum atomic E-state index is 12.1. The molecule has 1 aromatic heterocycles. The van der Waals surface area contributed by atoms with Gasteiger partial charge in [0, 0.05) is 18.0 Å². The summed E-state index contributed by atoms with van der Waals surface area (Å²) in [5, 5.41) is 15.5. The lowest BCUT2D eigenvalue weighted by Crippen LogP contribution is -2.14. The van der Waals surface area contributed by atoms with Crippen LogP contribution < -0.4 is 10.6 Å². The van der Waals surface area contributed by atoms with E-state index in [-0.39, 0.29) is 5.91 Å². The number of fused-ring (bicyclic) bond motifs is 1. The number of amides is 2. The second kappa shape index (κ2) is 8.86. The van der Waals surface area contributed by atoms with Crippen LogP contribution in [-0.4, -0.2) is 22.1 Å². The average molecular weight is 329 g/mol. The van der Waals surface area contributed by atoms with Crippen molar-refractivity contribution in [1.82, 2.24) is 4.98 Å². The lowest BCUT2D eigenvalue weighted by molar-refractivity contribution is -0.116. The molecular weight excluding hydrogens is 306 g/mol. The largest absolute Gasteiger partial charge is 0.465 e. The van der Waals surface area contributed by atoms with Crippen LogP contribution in [0.4, 0.5) is 16.3 Å². The van der Waals surface area contributed by atoms with Gasteiger partial charge in [0.25, 0.3) is 0 Å². The third-order valence-electron chi connectivity index (χ3n) is 3.80. The summed E-state index contributed by atoms with van der Waals surface area (Å²) in [5.41, 5.74) is 0.409. The van der Waals surface area contributed by atoms with E-state index < -0.39 is 6.09 Å². The number of carbonyl (C=O) groups excluding carboxylic acids is 1. The van der Waals surface area contributed by atoms with Crippen molar-refractivity contribution in [1.29, 1.82) is 0 Å². The minimum absolute atomic E-state index is 0.100. The third kappa shape index (κ3) is 4.94. The van der Waals surface area contributed by atoms with Gasteiger partial charge in [0.05, 0.1) is 5.69 Å². The van der Waals surface area contributed by atoms with Gasteiger partial charge in [-0.1, -0.05) is 44.7 Å². The highest BCUT2D eigenvalue weighted by atomic mass is 16.4. The summed E-state index contributed by atoms with van der Waals surface area (Å²) in [4.78, 5) is 27.3. The number of rotatable bonds is 8. The van der Waals surface area contributed by atoms with Crippen molar-refractivity contribution in [3.63, 3.8) is 0 Å². The third-order valence-corrected chi connectivity index (χ3v) is 3.80. The number of anilines is 2. The normalized spacial score (nSPS) is 10.5. The van der Waals surface area contributed by atoms with Crippen molar-refractivity contribution < 1.29 is 14.7 Å². The molecule has 0 aliphatic heterocycles. The van der Waals surface area contributed by atoms with Crippen molar-refractivity contribution in [3.8, 4) is 0 Å². The molecule has 1 heterocycles. The molecule has 0 radical (unpaired) electrons. The second-order valence-electron chi connectivity index (χ2n) is 5.71. The van der Waals surface area contributed by atoms with Crippen molar-refractivity contribution >= 4 is 34.3 Å². The van der Waals surface area contributed by atoms with Crippen LogP contribution >= 0.6 is 0 Å². The summed E-state index contributed by atoms with van der Waals surface area (Å²) < 4.78 is 0. The smallest absolute Gasteiger partial charge is 0.409 e. The number of unbranched alkanes of at least 4 members (excludes halogenated alkanes) is 4. The van der Waals surface area contributed by atoms with E-state index in [1.54, 1.807) is 24.4 Å².